The van der Waals surface area contributed by atoms with Gasteiger partial charge in [-0.05, 0) is 48.8 Å². The molecule has 4 nitrogen and oxygen atoms in total. The Morgan fingerprint density at radius 3 is 2.90 bits per heavy atom. The van der Waals surface area contributed by atoms with Crippen LogP contribution in [0.25, 0.3) is 0 Å². The van der Waals surface area contributed by atoms with Gasteiger partial charge in [-0.3, -0.25) is 0 Å². The minimum atomic E-state index is 0.196. The molecule has 1 aliphatic heterocycles. The Kier molecular flexibility index (Phi) is 4.22. The third kappa shape index (κ3) is 2.94. The lowest BCUT2D eigenvalue weighted by Gasteiger charge is -2.33. The number of anilines is 1. The first-order chi connectivity index (χ1) is 10.2. The van der Waals surface area contributed by atoms with Crippen LogP contribution in [-0.4, -0.2) is 22.6 Å². The lowest BCUT2D eigenvalue weighted by molar-refractivity contribution is 0.611. The Hall–Kier alpha value is -1.46. The molecular weight excluding hydrogens is 280 g/mol. The maximum atomic E-state index is 5.98. The van der Waals surface area contributed by atoms with Crippen molar-refractivity contribution < 1.29 is 0 Å². The first-order valence-corrected chi connectivity index (χ1v) is 8.46. The van der Waals surface area contributed by atoms with Gasteiger partial charge in [0.1, 0.15) is 0 Å². The normalized spacial score (nSPS) is 19.4. The minimum absolute atomic E-state index is 0.196. The van der Waals surface area contributed by atoms with Gasteiger partial charge in [-0.1, -0.05) is 6.92 Å². The zero-order valence-corrected chi connectivity index (χ0v) is 13.4. The predicted molar refractivity (Wildman–Crippen MR) is 87.8 cm³/mol. The van der Waals surface area contributed by atoms with E-state index in [0.29, 0.717) is 6.04 Å². The van der Waals surface area contributed by atoms with E-state index in [9.17, 15) is 0 Å². The van der Waals surface area contributed by atoms with Crippen molar-refractivity contribution in [2.45, 2.75) is 45.2 Å². The first kappa shape index (κ1) is 14.5. The summed E-state index contributed by atoms with van der Waals surface area (Å²) in [7, 11) is 0. The van der Waals surface area contributed by atoms with Crippen molar-refractivity contribution in [2.75, 3.05) is 11.4 Å². The van der Waals surface area contributed by atoms with Crippen LogP contribution >= 0.6 is 11.3 Å². The van der Waals surface area contributed by atoms with Crippen LogP contribution in [0.15, 0.2) is 23.8 Å². The van der Waals surface area contributed by atoms with Gasteiger partial charge in [0, 0.05) is 29.9 Å². The van der Waals surface area contributed by atoms with E-state index in [1.807, 2.05) is 23.7 Å². The Morgan fingerprint density at radius 1 is 1.43 bits per heavy atom. The third-order valence-corrected chi connectivity index (χ3v) is 5.24. The summed E-state index contributed by atoms with van der Waals surface area (Å²) >= 11 is 1.86. The quantitative estimate of drug-likeness (QED) is 0.943. The van der Waals surface area contributed by atoms with Crippen molar-refractivity contribution in [3.05, 3.63) is 39.8 Å². The van der Waals surface area contributed by atoms with Crippen LogP contribution in [0.3, 0.4) is 0 Å². The van der Waals surface area contributed by atoms with Crippen LogP contribution in [0.1, 0.15) is 42.3 Å². The number of nitrogens with two attached hydrogens (primary N) is 1. The average Bonchev–Trinajstić information content (AvgIpc) is 2.98. The molecule has 2 aromatic rings. The molecule has 0 spiro atoms. The third-order valence-electron chi connectivity index (χ3n) is 4.25. The van der Waals surface area contributed by atoms with Gasteiger partial charge in [0.15, 0.2) is 0 Å². The summed E-state index contributed by atoms with van der Waals surface area (Å²) in [5.41, 5.74) is 8.53. The predicted octanol–water partition coefficient (Wildman–Crippen LogP) is 2.94. The van der Waals surface area contributed by atoms with Crippen molar-refractivity contribution in [3.8, 4) is 0 Å². The Morgan fingerprint density at radius 2 is 2.19 bits per heavy atom. The molecule has 2 unspecified atom stereocenters. The molecule has 0 fully saturated rings. The zero-order valence-electron chi connectivity index (χ0n) is 12.6. The SMILES string of the molecule is CCC(N)Cc1cnc(N2CCc3sccc3C2C)nc1. The standard InChI is InChI=1S/C16H22N4S/c1-3-13(17)8-12-9-18-16(19-10-12)20-6-4-15-14(11(20)2)5-7-21-15/h5,7,9-11,13H,3-4,6,8,17H2,1-2H3. The molecule has 2 atom stereocenters. The number of fused-ring (bicyclic) bond motifs is 1. The lowest BCUT2D eigenvalue weighted by atomic mass is 10.0. The summed E-state index contributed by atoms with van der Waals surface area (Å²) < 4.78 is 0. The number of nitrogens with zero attached hydrogens (tertiary/aromatic N) is 3. The second-order valence-corrected chi connectivity index (χ2v) is 6.68. The van der Waals surface area contributed by atoms with Gasteiger partial charge in [-0.15, -0.1) is 11.3 Å². The monoisotopic (exact) mass is 302 g/mol. The molecule has 0 saturated heterocycles. The van der Waals surface area contributed by atoms with E-state index in [1.165, 1.54) is 10.4 Å². The van der Waals surface area contributed by atoms with E-state index >= 15 is 0 Å². The maximum absolute atomic E-state index is 5.98. The van der Waals surface area contributed by atoms with Gasteiger partial charge >= 0.3 is 0 Å². The highest BCUT2D eigenvalue weighted by atomic mass is 32.1. The van der Waals surface area contributed by atoms with Crippen LogP contribution in [0.4, 0.5) is 5.95 Å². The molecule has 3 rings (SSSR count). The van der Waals surface area contributed by atoms with Crippen molar-refractivity contribution in [1.29, 1.82) is 0 Å². The van der Waals surface area contributed by atoms with Crippen LogP contribution in [0.2, 0.25) is 0 Å². The number of hydrogen-bond acceptors (Lipinski definition) is 5. The van der Waals surface area contributed by atoms with Gasteiger partial charge < -0.3 is 10.6 Å². The lowest BCUT2D eigenvalue weighted by Crippen LogP contribution is -2.34. The molecule has 0 bridgehead atoms. The molecule has 0 amide bonds. The fraction of sp³-hybridized carbons (Fsp3) is 0.500. The Labute approximate surface area is 130 Å². The van der Waals surface area contributed by atoms with E-state index in [-0.39, 0.29) is 6.04 Å². The highest BCUT2D eigenvalue weighted by molar-refractivity contribution is 7.10. The summed E-state index contributed by atoms with van der Waals surface area (Å²) in [6.45, 7) is 5.32. The smallest absolute Gasteiger partial charge is 0.225 e. The topological polar surface area (TPSA) is 55.0 Å². The summed E-state index contributed by atoms with van der Waals surface area (Å²) in [6.07, 6.45) is 6.76. The molecule has 1 aliphatic rings. The molecule has 5 heteroatoms. The first-order valence-electron chi connectivity index (χ1n) is 7.58. The second kappa shape index (κ2) is 6.12. The molecule has 112 valence electrons. The van der Waals surface area contributed by atoms with Crippen molar-refractivity contribution >= 4 is 17.3 Å². The number of thiophene rings is 1. The zero-order chi connectivity index (χ0) is 14.8. The van der Waals surface area contributed by atoms with Crippen molar-refractivity contribution in [3.63, 3.8) is 0 Å². The molecule has 0 saturated carbocycles. The van der Waals surface area contributed by atoms with E-state index in [4.69, 9.17) is 5.73 Å². The molecular formula is C16H22N4S. The Balaban J connectivity index is 1.76. The summed E-state index contributed by atoms with van der Waals surface area (Å²) in [5.74, 6) is 0.827. The highest BCUT2D eigenvalue weighted by Gasteiger charge is 2.26. The van der Waals surface area contributed by atoms with Crippen LogP contribution in [0.5, 0.6) is 0 Å². The van der Waals surface area contributed by atoms with E-state index in [1.54, 1.807) is 0 Å². The minimum Gasteiger partial charge on any atom is -0.334 e. The van der Waals surface area contributed by atoms with Crippen molar-refractivity contribution in [1.82, 2.24) is 9.97 Å². The van der Waals surface area contributed by atoms with Crippen LogP contribution in [0, 0.1) is 0 Å². The highest BCUT2D eigenvalue weighted by Crippen LogP contribution is 2.34. The molecule has 0 aliphatic carbocycles. The molecule has 2 N–H and O–H groups in total. The number of aromatic nitrogens is 2. The molecule has 0 radical (unpaired) electrons. The van der Waals surface area contributed by atoms with E-state index < -0.39 is 0 Å². The number of hydrogen-bond donors (Lipinski definition) is 1. The number of rotatable bonds is 4. The maximum Gasteiger partial charge on any atom is 0.225 e. The van der Waals surface area contributed by atoms with Gasteiger partial charge in [0.05, 0.1) is 6.04 Å². The van der Waals surface area contributed by atoms with Crippen LogP contribution < -0.4 is 10.6 Å². The molecule has 21 heavy (non-hydrogen) atoms. The van der Waals surface area contributed by atoms with Crippen molar-refractivity contribution in [2.24, 2.45) is 5.73 Å². The van der Waals surface area contributed by atoms with Gasteiger partial charge in [-0.2, -0.15) is 0 Å². The van der Waals surface area contributed by atoms with Gasteiger partial charge in [0.25, 0.3) is 0 Å². The van der Waals surface area contributed by atoms with Crippen LogP contribution in [-0.2, 0) is 12.8 Å². The van der Waals surface area contributed by atoms with E-state index in [2.05, 4.69) is 40.2 Å². The van der Waals surface area contributed by atoms with E-state index in [0.717, 1.165) is 37.3 Å². The summed E-state index contributed by atoms with van der Waals surface area (Å²) in [5, 5.41) is 2.18. The molecule has 2 aromatic heterocycles. The molecule has 3 heterocycles. The summed E-state index contributed by atoms with van der Waals surface area (Å²) in [6, 6.07) is 2.77. The second-order valence-electron chi connectivity index (χ2n) is 5.68. The largest absolute Gasteiger partial charge is 0.334 e. The van der Waals surface area contributed by atoms with Gasteiger partial charge in [0.2, 0.25) is 5.95 Å². The average molecular weight is 302 g/mol. The van der Waals surface area contributed by atoms with Gasteiger partial charge in [-0.25, -0.2) is 9.97 Å². The molecule has 0 aromatic carbocycles. The Bertz CT molecular complexity index is 593. The fourth-order valence-corrected chi connectivity index (χ4v) is 3.79. The fourth-order valence-electron chi connectivity index (χ4n) is 2.83. The summed E-state index contributed by atoms with van der Waals surface area (Å²) in [4.78, 5) is 12.9.